The van der Waals surface area contributed by atoms with Gasteiger partial charge < -0.3 is 10.0 Å². The molecule has 74 valence electrons. The van der Waals surface area contributed by atoms with Crippen LogP contribution in [0.5, 0.6) is 0 Å². The summed E-state index contributed by atoms with van der Waals surface area (Å²) in [7, 11) is 1.89. The summed E-state index contributed by atoms with van der Waals surface area (Å²) in [5, 5.41) is 10.2. The first-order valence-corrected chi connectivity index (χ1v) is 5.00. The normalized spacial score (nSPS) is 26.2. The minimum absolute atomic E-state index is 0.592. The van der Waals surface area contributed by atoms with E-state index in [0.717, 1.165) is 5.56 Å². The van der Waals surface area contributed by atoms with Crippen LogP contribution >= 0.6 is 12.2 Å². The number of aliphatic hydroxyl groups is 1. The minimum Gasteiger partial charge on any atom is -0.376 e. The number of aryl methyl sites for hydroxylation is 1. The molecule has 0 spiro atoms. The fourth-order valence-electron chi connectivity index (χ4n) is 1.75. The number of likely N-dealkylation sites (tertiary alicyclic amines) is 1. The van der Waals surface area contributed by atoms with Crippen LogP contribution in [-0.2, 0) is 5.60 Å². The first-order chi connectivity index (χ1) is 6.54. The molecule has 1 unspecified atom stereocenters. The van der Waals surface area contributed by atoms with Gasteiger partial charge in [0.15, 0.2) is 5.60 Å². The zero-order valence-corrected chi connectivity index (χ0v) is 9.14. The van der Waals surface area contributed by atoms with Crippen molar-refractivity contribution in [3.8, 4) is 0 Å². The number of β-amino-alcohol motifs (C(OH)–C–C–N with tert-alkyl or cyclic N) is 1. The fraction of sp³-hybridized carbons (Fsp3) is 0.364. The average molecular weight is 207 g/mol. The maximum Gasteiger partial charge on any atom is 0.157 e. The minimum atomic E-state index is -0.905. The molecule has 0 amide bonds. The van der Waals surface area contributed by atoms with Crippen molar-refractivity contribution >= 4 is 17.2 Å². The van der Waals surface area contributed by atoms with Gasteiger partial charge in [0.25, 0.3) is 0 Å². The summed E-state index contributed by atoms with van der Waals surface area (Å²) in [5.41, 5.74) is 1.18. The lowest BCUT2D eigenvalue weighted by Gasteiger charge is -2.46. The second-order valence-electron chi connectivity index (χ2n) is 3.89. The summed E-state index contributed by atoms with van der Waals surface area (Å²) < 4.78 is 0. The molecule has 0 aliphatic carbocycles. The molecule has 0 aromatic heterocycles. The van der Waals surface area contributed by atoms with Crippen molar-refractivity contribution in [3.63, 3.8) is 0 Å². The Morgan fingerprint density at radius 1 is 1.36 bits per heavy atom. The van der Waals surface area contributed by atoms with Gasteiger partial charge in [-0.05, 0) is 12.5 Å². The average Bonchev–Trinajstić information content (AvgIpc) is 2.18. The molecule has 3 heteroatoms. The molecule has 1 saturated heterocycles. The Balaban J connectivity index is 2.32. The van der Waals surface area contributed by atoms with Gasteiger partial charge in [-0.15, -0.1) is 0 Å². The molecule has 2 rings (SSSR count). The van der Waals surface area contributed by atoms with Gasteiger partial charge in [0.1, 0.15) is 4.99 Å². The van der Waals surface area contributed by atoms with Crippen molar-refractivity contribution in [2.45, 2.75) is 12.5 Å². The van der Waals surface area contributed by atoms with Crippen LogP contribution in [0.15, 0.2) is 24.3 Å². The molecule has 1 aliphatic heterocycles. The van der Waals surface area contributed by atoms with Gasteiger partial charge in [0.05, 0.1) is 6.54 Å². The predicted molar refractivity (Wildman–Crippen MR) is 60.3 cm³/mol. The number of rotatable bonds is 1. The summed E-state index contributed by atoms with van der Waals surface area (Å²) in [6.07, 6.45) is 0. The first-order valence-electron chi connectivity index (χ1n) is 4.59. The number of nitrogens with zero attached hydrogens (tertiary/aromatic N) is 1. The molecular weight excluding hydrogens is 194 g/mol. The fourth-order valence-corrected chi connectivity index (χ4v) is 2.00. The number of likely N-dealkylation sites (N-methyl/N-ethyl adjacent to an activating group) is 1. The quantitative estimate of drug-likeness (QED) is 0.705. The van der Waals surface area contributed by atoms with Crippen LogP contribution in [0.3, 0.4) is 0 Å². The SMILES string of the molecule is Cc1ccc(C2(O)CN(C)C2=S)cc1. The largest absolute Gasteiger partial charge is 0.376 e. The van der Waals surface area contributed by atoms with Crippen LogP contribution in [0, 0.1) is 6.92 Å². The molecule has 1 N–H and O–H groups in total. The Kier molecular flexibility index (Phi) is 2.09. The van der Waals surface area contributed by atoms with Crippen LogP contribution in [0.1, 0.15) is 11.1 Å². The number of thiocarbonyl (C=S) groups is 1. The van der Waals surface area contributed by atoms with E-state index in [9.17, 15) is 5.11 Å². The molecule has 0 saturated carbocycles. The standard InChI is InChI=1S/C11H13NOS/c1-8-3-5-9(6-4-8)11(13)7-12(2)10(11)14/h3-6,13H,7H2,1-2H3. The Bertz CT molecular complexity index is 373. The third-order valence-electron chi connectivity index (χ3n) is 2.70. The highest BCUT2D eigenvalue weighted by Crippen LogP contribution is 2.33. The van der Waals surface area contributed by atoms with Crippen LogP contribution in [0.25, 0.3) is 0 Å². The van der Waals surface area contributed by atoms with E-state index in [1.807, 2.05) is 43.1 Å². The maximum absolute atomic E-state index is 10.2. The van der Waals surface area contributed by atoms with Gasteiger partial charge in [0.2, 0.25) is 0 Å². The lowest BCUT2D eigenvalue weighted by Crippen LogP contribution is -2.61. The maximum atomic E-state index is 10.2. The molecule has 1 heterocycles. The molecule has 0 bridgehead atoms. The highest BCUT2D eigenvalue weighted by Gasteiger charge is 2.46. The van der Waals surface area contributed by atoms with Gasteiger partial charge in [-0.2, -0.15) is 0 Å². The molecular formula is C11H13NOS. The Morgan fingerprint density at radius 2 is 1.93 bits per heavy atom. The van der Waals surface area contributed by atoms with Gasteiger partial charge in [0, 0.05) is 7.05 Å². The summed E-state index contributed by atoms with van der Waals surface area (Å²) in [6, 6.07) is 7.87. The van der Waals surface area contributed by atoms with Crippen molar-refractivity contribution in [2.24, 2.45) is 0 Å². The van der Waals surface area contributed by atoms with E-state index in [1.54, 1.807) is 0 Å². The summed E-state index contributed by atoms with van der Waals surface area (Å²) >= 11 is 5.13. The van der Waals surface area contributed by atoms with Crippen molar-refractivity contribution in [2.75, 3.05) is 13.6 Å². The molecule has 14 heavy (non-hydrogen) atoms. The summed E-state index contributed by atoms with van der Waals surface area (Å²) in [4.78, 5) is 2.50. The van der Waals surface area contributed by atoms with E-state index in [-0.39, 0.29) is 0 Å². The first kappa shape index (κ1) is 9.62. The molecule has 1 fully saturated rings. The molecule has 1 aromatic carbocycles. The third-order valence-corrected chi connectivity index (χ3v) is 3.34. The van der Waals surface area contributed by atoms with Crippen LogP contribution < -0.4 is 0 Å². The molecule has 2 nitrogen and oxygen atoms in total. The monoisotopic (exact) mass is 207 g/mol. The van der Waals surface area contributed by atoms with E-state index in [0.29, 0.717) is 11.5 Å². The van der Waals surface area contributed by atoms with Gasteiger partial charge in [-0.3, -0.25) is 0 Å². The Hall–Kier alpha value is -0.930. The van der Waals surface area contributed by atoms with E-state index >= 15 is 0 Å². The van der Waals surface area contributed by atoms with Gasteiger partial charge >= 0.3 is 0 Å². The van der Waals surface area contributed by atoms with Crippen LogP contribution in [-0.4, -0.2) is 28.6 Å². The highest BCUT2D eigenvalue weighted by atomic mass is 32.1. The second-order valence-corrected chi connectivity index (χ2v) is 4.27. The molecule has 1 aliphatic rings. The predicted octanol–water partition coefficient (Wildman–Crippen LogP) is 1.46. The van der Waals surface area contributed by atoms with E-state index in [2.05, 4.69) is 0 Å². The molecule has 1 aromatic rings. The topological polar surface area (TPSA) is 23.5 Å². The van der Waals surface area contributed by atoms with Crippen LogP contribution in [0.4, 0.5) is 0 Å². The Labute approximate surface area is 89.2 Å². The zero-order chi connectivity index (χ0) is 10.3. The van der Waals surface area contributed by atoms with Crippen LogP contribution in [0.2, 0.25) is 0 Å². The van der Waals surface area contributed by atoms with E-state index in [1.165, 1.54) is 5.56 Å². The molecule has 0 radical (unpaired) electrons. The number of benzene rings is 1. The van der Waals surface area contributed by atoms with Gasteiger partial charge in [-0.1, -0.05) is 42.0 Å². The number of hydrogen-bond acceptors (Lipinski definition) is 2. The summed E-state index contributed by atoms with van der Waals surface area (Å²) in [6.45, 7) is 2.62. The zero-order valence-electron chi connectivity index (χ0n) is 8.32. The van der Waals surface area contributed by atoms with Crippen molar-refractivity contribution < 1.29 is 5.11 Å². The van der Waals surface area contributed by atoms with Crippen molar-refractivity contribution in [3.05, 3.63) is 35.4 Å². The Morgan fingerprint density at radius 3 is 2.36 bits per heavy atom. The van der Waals surface area contributed by atoms with E-state index in [4.69, 9.17) is 12.2 Å². The highest BCUT2D eigenvalue weighted by molar-refractivity contribution is 7.80. The molecule has 1 atom stereocenters. The van der Waals surface area contributed by atoms with Gasteiger partial charge in [-0.25, -0.2) is 0 Å². The second kappa shape index (κ2) is 3.04. The number of hydrogen-bond donors (Lipinski definition) is 1. The smallest absolute Gasteiger partial charge is 0.157 e. The van der Waals surface area contributed by atoms with Crippen molar-refractivity contribution in [1.29, 1.82) is 0 Å². The lowest BCUT2D eigenvalue weighted by molar-refractivity contribution is 0.0346. The lowest BCUT2D eigenvalue weighted by atomic mass is 9.86. The summed E-state index contributed by atoms with van der Waals surface area (Å²) in [5.74, 6) is 0. The third kappa shape index (κ3) is 1.24. The van der Waals surface area contributed by atoms with E-state index < -0.39 is 5.60 Å². The van der Waals surface area contributed by atoms with Crippen molar-refractivity contribution in [1.82, 2.24) is 4.90 Å².